The van der Waals surface area contributed by atoms with Gasteiger partial charge in [-0.15, -0.1) is 0 Å². The van der Waals surface area contributed by atoms with Crippen molar-refractivity contribution in [1.29, 1.82) is 0 Å². The normalized spacial score (nSPS) is 14.5. The lowest BCUT2D eigenvalue weighted by Crippen LogP contribution is -2.38. The summed E-state index contributed by atoms with van der Waals surface area (Å²) in [6.07, 6.45) is 3.37. The third-order valence-electron chi connectivity index (χ3n) is 4.09. The summed E-state index contributed by atoms with van der Waals surface area (Å²) < 4.78 is 6.01. The van der Waals surface area contributed by atoms with E-state index in [1.807, 2.05) is 59.1 Å². The number of hydrogen-bond acceptors (Lipinski definition) is 5. The van der Waals surface area contributed by atoms with E-state index in [4.69, 9.17) is 4.42 Å². The van der Waals surface area contributed by atoms with Gasteiger partial charge in [-0.25, -0.2) is 4.98 Å². The molecule has 25 heavy (non-hydrogen) atoms. The number of rotatable bonds is 3. The highest BCUT2D eigenvalue weighted by Gasteiger charge is 2.27. The van der Waals surface area contributed by atoms with Crippen molar-refractivity contribution < 1.29 is 9.21 Å². The lowest BCUT2D eigenvalue weighted by molar-refractivity contribution is 0.0767. The van der Waals surface area contributed by atoms with Crippen molar-refractivity contribution in [2.45, 2.75) is 0 Å². The van der Waals surface area contributed by atoms with Crippen molar-refractivity contribution in [1.82, 2.24) is 14.9 Å². The van der Waals surface area contributed by atoms with Crippen molar-refractivity contribution >= 4 is 17.7 Å². The molecule has 0 radical (unpaired) electrons. The van der Waals surface area contributed by atoms with Crippen molar-refractivity contribution in [2.24, 2.45) is 0 Å². The van der Waals surface area contributed by atoms with Crippen LogP contribution in [0.5, 0.6) is 0 Å². The van der Waals surface area contributed by atoms with Gasteiger partial charge >= 0.3 is 0 Å². The van der Waals surface area contributed by atoms with Gasteiger partial charge in [0.1, 0.15) is 0 Å². The van der Waals surface area contributed by atoms with E-state index in [0.717, 1.165) is 35.7 Å². The standard InChI is InChI=1S/C19H17N3O2S/c23-19(22-10-12-25-13-11-22)16-17(14-6-8-20-9-7-14)24-18(21-16)15-4-2-1-3-5-15/h1-9H,10-13H2. The Kier molecular flexibility index (Phi) is 4.52. The molecule has 3 aromatic rings. The minimum Gasteiger partial charge on any atom is -0.435 e. The summed E-state index contributed by atoms with van der Waals surface area (Å²) >= 11 is 1.87. The van der Waals surface area contributed by atoms with Crippen LogP contribution >= 0.6 is 11.8 Å². The number of amides is 1. The molecule has 1 aliphatic heterocycles. The van der Waals surface area contributed by atoms with E-state index in [2.05, 4.69) is 9.97 Å². The van der Waals surface area contributed by atoms with Gasteiger partial charge in [0.25, 0.3) is 5.91 Å². The minimum absolute atomic E-state index is 0.0713. The first-order valence-electron chi connectivity index (χ1n) is 8.16. The second kappa shape index (κ2) is 7.11. The van der Waals surface area contributed by atoms with E-state index in [9.17, 15) is 4.79 Å². The quantitative estimate of drug-likeness (QED) is 0.722. The fourth-order valence-electron chi connectivity index (χ4n) is 2.78. The Labute approximate surface area is 150 Å². The second-order valence-corrected chi connectivity index (χ2v) is 6.93. The van der Waals surface area contributed by atoms with Gasteiger partial charge in [-0.3, -0.25) is 9.78 Å². The molecular weight excluding hydrogens is 334 g/mol. The summed E-state index contributed by atoms with van der Waals surface area (Å²) in [5, 5.41) is 0. The number of benzene rings is 1. The van der Waals surface area contributed by atoms with Gasteiger partial charge in [0.15, 0.2) is 11.5 Å². The Balaban J connectivity index is 1.78. The van der Waals surface area contributed by atoms with Gasteiger partial charge in [0.05, 0.1) is 0 Å². The molecule has 1 aliphatic rings. The molecule has 1 aromatic carbocycles. The molecule has 0 bridgehead atoms. The Morgan fingerprint density at radius 3 is 2.44 bits per heavy atom. The van der Waals surface area contributed by atoms with Crippen LogP contribution in [-0.4, -0.2) is 45.4 Å². The predicted molar refractivity (Wildman–Crippen MR) is 98.4 cm³/mol. The number of thioether (sulfide) groups is 1. The van der Waals surface area contributed by atoms with E-state index >= 15 is 0 Å². The molecule has 3 heterocycles. The van der Waals surface area contributed by atoms with Crippen LogP contribution in [0.4, 0.5) is 0 Å². The smallest absolute Gasteiger partial charge is 0.276 e. The highest BCUT2D eigenvalue weighted by Crippen LogP contribution is 2.30. The number of carbonyl (C=O) groups excluding carboxylic acids is 1. The van der Waals surface area contributed by atoms with E-state index < -0.39 is 0 Å². The summed E-state index contributed by atoms with van der Waals surface area (Å²) in [4.78, 5) is 23.5. The molecule has 2 aromatic heterocycles. The lowest BCUT2D eigenvalue weighted by Gasteiger charge is -2.25. The Morgan fingerprint density at radius 2 is 1.72 bits per heavy atom. The third kappa shape index (κ3) is 3.30. The second-order valence-electron chi connectivity index (χ2n) is 5.70. The van der Waals surface area contributed by atoms with Crippen molar-refractivity contribution in [2.75, 3.05) is 24.6 Å². The minimum atomic E-state index is -0.0713. The molecule has 0 N–H and O–H groups in total. The molecule has 126 valence electrons. The molecule has 1 amide bonds. The fourth-order valence-corrected chi connectivity index (χ4v) is 3.69. The van der Waals surface area contributed by atoms with Crippen LogP contribution < -0.4 is 0 Å². The van der Waals surface area contributed by atoms with E-state index in [1.165, 1.54) is 0 Å². The molecular formula is C19H17N3O2S. The number of aromatic nitrogens is 2. The van der Waals surface area contributed by atoms with Crippen LogP contribution in [0.2, 0.25) is 0 Å². The molecule has 0 saturated carbocycles. The molecule has 6 heteroatoms. The molecule has 0 atom stereocenters. The first kappa shape index (κ1) is 15.9. The maximum Gasteiger partial charge on any atom is 0.276 e. The number of pyridine rings is 1. The highest BCUT2D eigenvalue weighted by atomic mass is 32.2. The fraction of sp³-hybridized carbons (Fsp3) is 0.211. The first-order valence-corrected chi connectivity index (χ1v) is 9.32. The molecule has 5 nitrogen and oxygen atoms in total. The maximum absolute atomic E-state index is 13.0. The van der Waals surface area contributed by atoms with Crippen LogP contribution in [0.3, 0.4) is 0 Å². The first-order chi connectivity index (χ1) is 12.3. The summed E-state index contributed by atoms with van der Waals surface area (Å²) in [5.41, 5.74) is 2.03. The van der Waals surface area contributed by atoms with Gasteiger partial charge in [-0.05, 0) is 24.3 Å². The Hall–Kier alpha value is -2.60. The summed E-state index contributed by atoms with van der Waals surface area (Å²) in [6, 6.07) is 13.3. The van der Waals surface area contributed by atoms with Crippen molar-refractivity contribution in [3.63, 3.8) is 0 Å². The molecule has 4 rings (SSSR count). The molecule has 0 unspecified atom stereocenters. The molecule has 0 aliphatic carbocycles. The highest BCUT2D eigenvalue weighted by molar-refractivity contribution is 7.99. The van der Waals surface area contributed by atoms with Crippen molar-refractivity contribution in [3.8, 4) is 22.8 Å². The predicted octanol–water partition coefficient (Wildman–Crippen LogP) is 3.59. The van der Waals surface area contributed by atoms with Crippen molar-refractivity contribution in [3.05, 3.63) is 60.6 Å². The summed E-state index contributed by atoms with van der Waals surface area (Å²) in [5.74, 6) is 2.81. The zero-order chi connectivity index (χ0) is 17.1. The number of hydrogen-bond donors (Lipinski definition) is 0. The lowest BCUT2D eigenvalue weighted by atomic mass is 10.1. The maximum atomic E-state index is 13.0. The van der Waals surface area contributed by atoms with Gasteiger partial charge in [0, 0.05) is 48.1 Å². The van der Waals surface area contributed by atoms with E-state index in [0.29, 0.717) is 17.3 Å². The largest absolute Gasteiger partial charge is 0.435 e. The monoisotopic (exact) mass is 351 g/mol. The average molecular weight is 351 g/mol. The SMILES string of the molecule is O=C(c1nc(-c2ccccc2)oc1-c1ccncc1)N1CCSCC1. The van der Waals surface area contributed by atoms with Crippen LogP contribution in [-0.2, 0) is 0 Å². The zero-order valence-corrected chi connectivity index (χ0v) is 14.4. The van der Waals surface area contributed by atoms with Crippen LogP contribution in [0.15, 0.2) is 59.3 Å². The molecule has 0 spiro atoms. The average Bonchev–Trinajstić information content (AvgIpc) is 3.15. The van der Waals surface area contributed by atoms with E-state index in [1.54, 1.807) is 12.4 Å². The van der Waals surface area contributed by atoms with Crippen LogP contribution in [0.25, 0.3) is 22.8 Å². The topological polar surface area (TPSA) is 59.2 Å². The third-order valence-corrected chi connectivity index (χ3v) is 5.03. The number of oxazole rings is 1. The molecule has 1 fully saturated rings. The van der Waals surface area contributed by atoms with Crippen LogP contribution in [0.1, 0.15) is 10.5 Å². The summed E-state index contributed by atoms with van der Waals surface area (Å²) in [7, 11) is 0. The zero-order valence-electron chi connectivity index (χ0n) is 13.6. The van der Waals surface area contributed by atoms with Gasteiger partial charge in [-0.1, -0.05) is 18.2 Å². The number of nitrogens with zero attached hydrogens (tertiary/aromatic N) is 3. The van der Waals surface area contributed by atoms with Crippen LogP contribution in [0, 0.1) is 0 Å². The molecule has 1 saturated heterocycles. The number of carbonyl (C=O) groups is 1. The van der Waals surface area contributed by atoms with Gasteiger partial charge < -0.3 is 9.32 Å². The Morgan fingerprint density at radius 1 is 1.00 bits per heavy atom. The van der Waals surface area contributed by atoms with Gasteiger partial charge in [-0.2, -0.15) is 11.8 Å². The van der Waals surface area contributed by atoms with E-state index in [-0.39, 0.29) is 5.91 Å². The Bertz CT molecular complexity index is 859. The van der Waals surface area contributed by atoms with Gasteiger partial charge in [0.2, 0.25) is 5.89 Å². The summed E-state index contributed by atoms with van der Waals surface area (Å²) in [6.45, 7) is 1.49.